The Morgan fingerprint density at radius 3 is 2.88 bits per heavy atom. The van der Waals surface area contributed by atoms with Crippen molar-refractivity contribution in [1.29, 1.82) is 0 Å². The molecule has 0 aliphatic carbocycles. The van der Waals surface area contributed by atoms with Crippen LogP contribution in [0.15, 0.2) is 15.9 Å². The lowest BCUT2D eigenvalue weighted by molar-refractivity contribution is 0.596. The summed E-state index contributed by atoms with van der Waals surface area (Å²) in [5.74, 6) is 0.525. The van der Waals surface area contributed by atoms with Crippen LogP contribution in [-0.2, 0) is 6.42 Å². The van der Waals surface area contributed by atoms with Gasteiger partial charge in [-0.2, -0.15) is 0 Å². The Hall–Kier alpha value is -0.230. The summed E-state index contributed by atoms with van der Waals surface area (Å²) in [6, 6.07) is 2.12. The Balaban J connectivity index is 2.24. The fraction of sp³-hybridized carbons (Fsp3) is 0.417. The standard InChI is InChI=1S/C12H15BrN2S2/c1-7(5-14)3-10-8(2)15-12(17-10)11-4-9(13)6-16-11/h4,6-7H,3,5,14H2,1-2H3. The molecule has 0 fully saturated rings. The van der Waals surface area contributed by atoms with Crippen LogP contribution in [-0.4, -0.2) is 11.5 Å². The minimum absolute atomic E-state index is 0.525. The first-order valence-electron chi connectivity index (χ1n) is 5.51. The highest BCUT2D eigenvalue weighted by molar-refractivity contribution is 9.10. The summed E-state index contributed by atoms with van der Waals surface area (Å²) in [6.07, 6.45) is 1.03. The van der Waals surface area contributed by atoms with E-state index in [2.05, 4.69) is 46.2 Å². The summed E-state index contributed by atoms with van der Waals surface area (Å²) in [6.45, 7) is 5.00. The third-order valence-electron chi connectivity index (χ3n) is 2.61. The highest BCUT2D eigenvalue weighted by Crippen LogP contribution is 2.34. The molecule has 2 aromatic heterocycles. The topological polar surface area (TPSA) is 38.9 Å². The SMILES string of the molecule is Cc1nc(-c2cc(Br)cs2)sc1CC(C)CN. The summed E-state index contributed by atoms with van der Waals surface area (Å²) in [7, 11) is 0. The third-order valence-corrected chi connectivity index (χ3v) is 5.65. The molecule has 2 heterocycles. The highest BCUT2D eigenvalue weighted by atomic mass is 79.9. The number of hydrogen-bond acceptors (Lipinski definition) is 4. The van der Waals surface area contributed by atoms with Crippen LogP contribution in [0.4, 0.5) is 0 Å². The van der Waals surface area contributed by atoms with Crippen molar-refractivity contribution in [2.45, 2.75) is 20.3 Å². The second-order valence-electron chi connectivity index (χ2n) is 4.20. The van der Waals surface area contributed by atoms with Gasteiger partial charge in [0.15, 0.2) is 0 Å². The number of hydrogen-bond donors (Lipinski definition) is 1. The van der Waals surface area contributed by atoms with Gasteiger partial charge in [-0.25, -0.2) is 4.98 Å². The summed E-state index contributed by atoms with van der Waals surface area (Å²) in [4.78, 5) is 7.25. The van der Waals surface area contributed by atoms with Gasteiger partial charge >= 0.3 is 0 Å². The molecule has 0 aliphatic heterocycles. The number of aryl methyl sites for hydroxylation is 1. The molecule has 92 valence electrons. The second kappa shape index (κ2) is 5.61. The third kappa shape index (κ3) is 3.16. The first kappa shape index (κ1) is 13.2. The van der Waals surface area contributed by atoms with E-state index in [9.17, 15) is 0 Å². The van der Waals surface area contributed by atoms with Gasteiger partial charge in [-0.3, -0.25) is 0 Å². The van der Waals surface area contributed by atoms with Gasteiger partial charge < -0.3 is 5.73 Å². The van der Waals surface area contributed by atoms with E-state index in [1.807, 2.05) is 0 Å². The van der Waals surface area contributed by atoms with E-state index in [0.29, 0.717) is 5.92 Å². The number of thiophene rings is 1. The fourth-order valence-corrected chi connectivity index (χ4v) is 4.26. The molecule has 0 aromatic carbocycles. The van der Waals surface area contributed by atoms with Gasteiger partial charge in [0.1, 0.15) is 5.01 Å². The maximum atomic E-state index is 5.67. The van der Waals surface area contributed by atoms with Crippen LogP contribution < -0.4 is 5.73 Å². The normalized spacial score (nSPS) is 12.9. The van der Waals surface area contributed by atoms with Crippen molar-refractivity contribution in [3.63, 3.8) is 0 Å². The molecule has 0 amide bonds. The maximum absolute atomic E-state index is 5.67. The minimum Gasteiger partial charge on any atom is -0.330 e. The molecule has 2 N–H and O–H groups in total. The van der Waals surface area contributed by atoms with Crippen LogP contribution in [0.5, 0.6) is 0 Å². The molecule has 2 rings (SSSR count). The van der Waals surface area contributed by atoms with E-state index in [0.717, 1.165) is 28.1 Å². The van der Waals surface area contributed by atoms with Crippen molar-refractivity contribution in [2.24, 2.45) is 11.7 Å². The predicted molar refractivity (Wildman–Crippen MR) is 79.8 cm³/mol. The van der Waals surface area contributed by atoms with Crippen molar-refractivity contribution in [1.82, 2.24) is 4.98 Å². The number of rotatable bonds is 4. The molecule has 0 saturated heterocycles. The lowest BCUT2D eigenvalue weighted by Crippen LogP contribution is -2.12. The number of nitrogens with two attached hydrogens (primary N) is 1. The van der Waals surface area contributed by atoms with E-state index in [1.54, 1.807) is 22.7 Å². The van der Waals surface area contributed by atoms with Gasteiger partial charge in [0.05, 0.1) is 10.6 Å². The van der Waals surface area contributed by atoms with Crippen molar-refractivity contribution in [3.8, 4) is 9.88 Å². The Morgan fingerprint density at radius 2 is 2.29 bits per heavy atom. The molecule has 0 bridgehead atoms. The van der Waals surface area contributed by atoms with Gasteiger partial charge in [0.25, 0.3) is 0 Å². The minimum atomic E-state index is 0.525. The van der Waals surface area contributed by atoms with Gasteiger partial charge in [0.2, 0.25) is 0 Å². The van der Waals surface area contributed by atoms with Crippen LogP contribution in [0, 0.1) is 12.8 Å². The zero-order chi connectivity index (χ0) is 12.4. The number of halogens is 1. The van der Waals surface area contributed by atoms with Crippen LogP contribution in [0.1, 0.15) is 17.5 Å². The Labute approximate surface area is 118 Å². The van der Waals surface area contributed by atoms with Crippen molar-refractivity contribution in [2.75, 3.05) is 6.54 Å². The van der Waals surface area contributed by atoms with E-state index < -0.39 is 0 Å². The summed E-state index contributed by atoms with van der Waals surface area (Å²) < 4.78 is 1.13. The summed E-state index contributed by atoms with van der Waals surface area (Å²) in [5.41, 5.74) is 6.82. The first-order valence-corrected chi connectivity index (χ1v) is 8.00. The quantitative estimate of drug-likeness (QED) is 0.917. The number of thiazole rings is 1. The lowest BCUT2D eigenvalue weighted by atomic mass is 10.1. The number of aromatic nitrogens is 1. The van der Waals surface area contributed by atoms with Crippen molar-refractivity contribution >= 4 is 38.6 Å². The van der Waals surface area contributed by atoms with Crippen molar-refractivity contribution in [3.05, 3.63) is 26.5 Å². The van der Waals surface area contributed by atoms with Gasteiger partial charge in [0, 0.05) is 14.7 Å². The Morgan fingerprint density at radius 1 is 1.53 bits per heavy atom. The van der Waals surface area contributed by atoms with Crippen LogP contribution in [0.2, 0.25) is 0 Å². The largest absolute Gasteiger partial charge is 0.330 e. The van der Waals surface area contributed by atoms with Crippen LogP contribution in [0.25, 0.3) is 9.88 Å². The molecule has 17 heavy (non-hydrogen) atoms. The zero-order valence-corrected chi connectivity index (χ0v) is 13.1. The average molecular weight is 331 g/mol. The van der Waals surface area contributed by atoms with Crippen LogP contribution >= 0.6 is 38.6 Å². The van der Waals surface area contributed by atoms with Gasteiger partial charge in [-0.05, 0) is 47.8 Å². The second-order valence-corrected chi connectivity index (χ2v) is 7.11. The molecule has 5 heteroatoms. The van der Waals surface area contributed by atoms with E-state index in [1.165, 1.54) is 9.75 Å². The lowest BCUT2D eigenvalue weighted by Gasteiger charge is -2.05. The molecule has 0 aliphatic rings. The molecule has 0 spiro atoms. The first-order chi connectivity index (χ1) is 8.10. The molecule has 0 saturated carbocycles. The predicted octanol–water partition coefficient (Wildman–Crippen LogP) is 4.08. The molecule has 2 aromatic rings. The molecular formula is C12H15BrN2S2. The van der Waals surface area contributed by atoms with Crippen LogP contribution in [0.3, 0.4) is 0 Å². The molecule has 2 nitrogen and oxygen atoms in total. The molecule has 1 unspecified atom stereocenters. The zero-order valence-electron chi connectivity index (χ0n) is 9.87. The monoisotopic (exact) mass is 330 g/mol. The highest BCUT2D eigenvalue weighted by Gasteiger charge is 2.13. The molecule has 0 radical (unpaired) electrons. The van der Waals surface area contributed by atoms with E-state index in [-0.39, 0.29) is 0 Å². The maximum Gasteiger partial charge on any atom is 0.133 e. The van der Waals surface area contributed by atoms with E-state index in [4.69, 9.17) is 5.73 Å². The fourth-order valence-electron chi connectivity index (χ4n) is 1.55. The summed E-state index contributed by atoms with van der Waals surface area (Å²) in [5, 5.41) is 3.21. The number of nitrogens with zero attached hydrogens (tertiary/aromatic N) is 1. The van der Waals surface area contributed by atoms with E-state index >= 15 is 0 Å². The Kier molecular flexibility index (Phi) is 4.36. The molecular weight excluding hydrogens is 316 g/mol. The Bertz CT molecular complexity index is 504. The van der Waals surface area contributed by atoms with Crippen molar-refractivity contribution < 1.29 is 0 Å². The smallest absolute Gasteiger partial charge is 0.133 e. The molecule has 1 atom stereocenters. The van der Waals surface area contributed by atoms with Gasteiger partial charge in [-0.15, -0.1) is 22.7 Å². The average Bonchev–Trinajstić information content (AvgIpc) is 2.86. The summed E-state index contributed by atoms with van der Waals surface area (Å²) >= 11 is 7.00. The van der Waals surface area contributed by atoms with Gasteiger partial charge in [-0.1, -0.05) is 6.92 Å².